The summed E-state index contributed by atoms with van der Waals surface area (Å²) in [5.41, 5.74) is 5.49. The van der Waals surface area contributed by atoms with Gasteiger partial charge in [0.1, 0.15) is 11.4 Å². The van der Waals surface area contributed by atoms with E-state index in [1.807, 2.05) is 0 Å². The molecule has 0 spiro atoms. The topological polar surface area (TPSA) is 87.3 Å². The van der Waals surface area contributed by atoms with Crippen LogP contribution in [-0.2, 0) is 6.18 Å². The van der Waals surface area contributed by atoms with Crippen LogP contribution in [0.4, 0.5) is 17.6 Å². The predicted molar refractivity (Wildman–Crippen MR) is 109 cm³/mol. The number of amides is 1. The zero-order chi connectivity index (χ0) is 23.0. The molecule has 2 aromatic heterocycles. The summed E-state index contributed by atoms with van der Waals surface area (Å²) >= 11 is 1.23. The summed E-state index contributed by atoms with van der Waals surface area (Å²) in [5.74, 6) is -2.39. The molecule has 0 fully saturated rings. The molecule has 0 saturated heterocycles. The van der Waals surface area contributed by atoms with Gasteiger partial charge in [-0.2, -0.15) is 13.2 Å². The van der Waals surface area contributed by atoms with E-state index in [-0.39, 0.29) is 17.1 Å². The maximum Gasteiger partial charge on any atom is 0.418 e. The molecular formula is C21H13F4N3O3S. The summed E-state index contributed by atoms with van der Waals surface area (Å²) in [6.45, 7) is 0. The van der Waals surface area contributed by atoms with Crippen molar-refractivity contribution in [3.05, 3.63) is 65.0 Å². The molecule has 6 nitrogen and oxygen atoms in total. The number of hydrogen-bond donors (Lipinski definition) is 1. The molecule has 2 N–H and O–H groups in total. The summed E-state index contributed by atoms with van der Waals surface area (Å²) in [7, 11) is 1.26. The van der Waals surface area contributed by atoms with Crippen molar-refractivity contribution < 1.29 is 31.8 Å². The first-order valence-corrected chi connectivity index (χ1v) is 9.82. The van der Waals surface area contributed by atoms with E-state index in [1.165, 1.54) is 42.7 Å². The quantitative estimate of drug-likeness (QED) is 0.400. The maximum atomic E-state index is 13.8. The number of methoxy groups -OCH3 is 1. The minimum absolute atomic E-state index is 0.0465. The predicted octanol–water partition coefficient (Wildman–Crippen LogP) is 5.42. The average molecular weight is 463 g/mol. The number of fused-ring (bicyclic) bond motifs is 1. The smallest absolute Gasteiger partial charge is 0.418 e. The van der Waals surface area contributed by atoms with Gasteiger partial charge >= 0.3 is 6.18 Å². The van der Waals surface area contributed by atoms with Gasteiger partial charge in [-0.25, -0.2) is 14.4 Å². The minimum atomic E-state index is -4.83. The zero-order valence-electron chi connectivity index (χ0n) is 16.2. The van der Waals surface area contributed by atoms with Gasteiger partial charge in [0.05, 0.1) is 28.4 Å². The second-order valence-electron chi connectivity index (χ2n) is 6.52. The summed E-state index contributed by atoms with van der Waals surface area (Å²) in [6.07, 6.45) is -4.27. The molecule has 2 heterocycles. The number of carbonyl (C=O) groups excluding carboxylic acids is 1. The fourth-order valence-electron chi connectivity index (χ4n) is 3.16. The Morgan fingerprint density at radius 1 is 1.09 bits per heavy atom. The highest BCUT2D eigenvalue weighted by Crippen LogP contribution is 2.43. The number of hydrogen-bond acceptors (Lipinski definition) is 6. The molecule has 11 heteroatoms. The maximum absolute atomic E-state index is 13.8. The molecule has 0 radical (unpaired) electrons. The van der Waals surface area contributed by atoms with E-state index in [0.717, 1.165) is 12.1 Å². The van der Waals surface area contributed by atoms with Crippen LogP contribution in [-0.4, -0.2) is 23.0 Å². The van der Waals surface area contributed by atoms with E-state index in [2.05, 4.69) is 9.97 Å². The van der Waals surface area contributed by atoms with E-state index < -0.39 is 40.5 Å². The van der Waals surface area contributed by atoms with E-state index in [0.29, 0.717) is 16.4 Å². The number of primary amides is 1. The molecule has 1 amide bonds. The number of thiazole rings is 1. The van der Waals surface area contributed by atoms with Crippen LogP contribution in [0.15, 0.2) is 48.1 Å². The lowest BCUT2D eigenvalue weighted by atomic mass is 9.95. The highest BCUT2D eigenvalue weighted by Gasteiger charge is 2.38. The van der Waals surface area contributed by atoms with E-state index in [1.54, 1.807) is 5.51 Å². The van der Waals surface area contributed by atoms with Crippen LogP contribution in [0.5, 0.6) is 17.4 Å². The number of carbonyl (C=O) groups is 1. The molecule has 0 bridgehead atoms. The largest absolute Gasteiger partial charge is 0.493 e. The van der Waals surface area contributed by atoms with Crippen molar-refractivity contribution in [1.82, 2.24) is 9.97 Å². The molecule has 32 heavy (non-hydrogen) atoms. The van der Waals surface area contributed by atoms with Crippen molar-refractivity contribution in [2.45, 2.75) is 6.18 Å². The molecule has 2 aromatic carbocycles. The Morgan fingerprint density at radius 2 is 1.88 bits per heavy atom. The van der Waals surface area contributed by atoms with Gasteiger partial charge in [-0.05, 0) is 29.8 Å². The van der Waals surface area contributed by atoms with Gasteiger partial charge in [-0.1, -0.05) is 6.07 Å². The minimum Gasteiger partial charge on any atom is -0.493 e. The van der Waals surface area contributed by atoms with Gasteiger partial charge in [-0.3, -0.25) is 4.79 Å². The number of aromatic nitrogens is 2. The third kappa shape index (κ3) is 3.94. The SMILES string of the molecule is COc1cc(F)ccc1Oc1ncc(C(F)(F)F)c(-c2ccc3ncsc3c2)c1C(N)=O. The van der Waals surface area contributed by atoms with Gasteiger partial charge < -0.3 is 15.2 Å². The monoisotopic (exact) mass is 463 g/mol. The van der Waals surface area contributed by atoms with Crippen LogP contribution in [0, 0.1) is 5.82 Å². The van der Waals surface area contributed by atoms with Crippen molar-refractivity contribution in [3.63, 3.8) is 0 Å². The summed E-state index contributed by atoms with van der Waals surface area (Å²) in [4.78, 5) is 20.1. The fraction of sp³-hybridized carbons (Fsp3) is 0.0952. The lowest BCUT2D eigenvalue weighted by molar-refractivity contribution is -0.137. The Balaban J connectivity index is 1.97. The Kier molecular flexibility index (Phi) is 5.43. The Hall–Kier alpha value is -3.73. The average Bonchev–Trinajstić information content (AvgIpc) is 3.21. The van der Waals surface area contributed by atoms with Gasteiger partial charge in [0, 0.05) is 17.8 Å². The molecular weight excluding hydrogens is 450 g/mol. The third-order valence-corrected chi connectivity index (χ3v) is 5.34. The first kappa shape index (κ1) is 21.5. The van der Waals surface area contributed by atoms with E-state index >= 15 is 0 Å². The number of rotatable bonds is 5. The first-order chi connectivity index (χ1) is 15.2. The highest BCUT2D eigenvalue weighted by atomic mass is 32.1. The summed E-state index contributed by atoms with van der Waals surface area (Å²) in [5, 5.41) is 0. The zero-order valence-corrected chi connectivity index (χ0v) is 17.1. The Bertz CT molecular complexity index is 1340. The van der Waals surface area contributed by atoms with E-state index in [9.17, 15) is 22.4 Å². The normalized spacial score (nSPS) is 11.5. The lowest BCUT2D eigenvalue weighted by Gasteiger charge is -2.19. The van der Waals surface area contributed by atoms with Crippen molar-refractivity contribution in [3.8, 4) is 28.5 Å². The molecule has 0 aliphatic heterocycles. The molecule has 0 unspecified atom stereocenters. The van der Waals surface area contributed by atoms with Crippen LogP contribution < -0.4 is 15.2 Å². The number of halogens is 4. The van der Waals surface area contributed by atoms with Crippen LogP contribution in [0.2, 0.25) is 0 Å². The molecule has 0 atom stereocenters. The molecule has 0 aliphatic carbocycles. The van der Waals surface area contributed by atoms with Crippen LogP contribution in [0.1, 0.15) is 15.9 Å². The number of alkyl halides is 3. The molecule has 0 saturated carbocycles. The third-order valence-electron chi connectivity index (χ3n) is 4.55. The van der Waals surface area contributed by atoms with Gasteiger partial charge in [0.25, 0.3) is 5.91 Å². The number of nitrogens with zero attached hydrogens (tertiary/aromatic N) is 2. The van der Waals surface area contributed by atoms with E-state index in [4.69, 9.17) is 15.2 Å². The number of benzene rings is 2. The van der Waals surface area contributed by atoms with Crippen molar-refractivity contribution in [2.75, 3.05) is 7.11 Å². The van der Waals surface area contributed by atoms with Gasteiger partial charge in [0.2, 0.25) is 5.88 Å². The summed E-state index contributed by atoms with van der Waals surface area (Å²) < 4.78 is 66.3. The van der Waals surface area contributed by atoms with Crippen molar-refractivity contribution in [1.29, 1.82) is 0 Å². The van der Waals surface area contributed by atoms with Crippen molar-refractivity contribution in [2.24, 2.45) is 5.73 Å². The second-order valence-corrected chi connectivity index (χ2v) is 7.41. The summed E-state index contributed by atoms with van der Waals surface area (Å²) in [6, 6.07) is 7.69. The van der Waals surface area contributed by atoms with Crippen LogP contribution >= 0.6 is 11.3 Å². The first-order valence-electron chi connectivity index (χ1n) is 8.94. The molecule has 0 aliphatic rings. The standard InChI is InChI=1S/C21H13F4N3O3S/c1-30-15-7-11(22)3-5-14(15)31-20-18(19(26)29)17(12(8-27-20)21(23,24)25)10-2-4-13-16(6-10)32-9-28-13/h2-9H,1H3,(H2,26,29). The Morgan fingerprint density at radius 3 is 2.56 bits per heavy atom. The Labute approximate surface area is 182 Å². The molecule has 4 rings (SSSR count). The fourth-order valence-corrected chi connectivity index (χ4v) is 3.87. The molecule has 4 aromatic rings. The van der Waals surface area contributed by atoms with Gasteiger partial charge in [-0.15, -0.1) is 11.3 Å². The van der Waals surface area contributed by atoms with Crippen LogP contribution in [0.3, 0.4) is 0 Å². The number of nitrogens with two attached hydrogens (primary N) is 1. The molecule has 164 valence electrons. The van der Waals surface area contributed by atoms with Crippen molar-refractivity contribution >= 4 is 27.5 Å². The lowest BCUT2D eigenvalue weighted by Crippen LogP contribution is -2.19. The number of ether oxygens (including phenoxy) is 2. The van der Waals surface area contributed by atoms with Crippen LogP contribution in [0.25, 0.3) is 21.3 Å². The number of pyridine rings is 1. The van der Waals surface area contributed by atoms with Gasteiger partial charge in [0.15, 0.2) is 11.5 Å². The highest BCUT2D eigenvalue weighted by molar-refractivity contribution is 7.16. The second kappa shape index (κ2) is 8.08.